The summed E-state index contributed by atoms with van der Waals surface area (Å²) in [7, 11) is -2.81. The Morgan fingerprint density at radius 1 is 1.61 bits per heavy atom. The number of carbonyl (C=O) groups excluding carboxylic acids is 1. The number of hydrogen-bond acceptors (Lipinski definition) is 6. The van der Waals surface area contributed by atoms with Gasteiger partial charge in [0.25, 0.3) is 10.0 Å². The Hall–Kier alpha value is -1.16. The van der Waals surface area contributed by atoms with E-state index in [4.69, 9.17) is 26.2 Å². The van der Waals surface area contributed by atoms with Gasteiger partial charge in [0.05, 0.1) is 13.2 Å². The average Bonchev–Trinajstić information content (AvgIpc) is 2.46. The molecule has 0 unspecified atom stereocenters. The quantitative estimate of drug-likeness (QED) is 0.736. The zero-order valence-corrected chi connectivity index (χ0v) is 10.9. The summed E-state index contributed by atoms with van der Waals surface area (Å²) >= 11 is 5.71. The molecule has 2 rings (SSSR count). The molecule has 1 saturated heterocycles. The monoisotopic (exact) mass is 295 g/mol. The fourth-order valence-electron chi connectivity index (χ4n) is 1.47. The van der Waals surface area contributed by atoms with Crippen molar-refractivity contribution in [3.05, 3.63) is 10.7 Å². The van der Waals surface area contributed by atoms with E-state index in [0.29, 0.717) is 0 Å². The van der Waals surface area contributed by atoms with Crippen LogP contribution in [0, 0.1) is 0 Å². The van der Waals surface area contributed by atoms with Gasteiger partial charge in [0, 0.05) is 7.05 Å². The molecule has 18 heavy (non-hydrogen) atoms. The highest BCUT2D eigenvalue weighted by Gasteiger charge is 2.32. The van der Waals surface area contributed by atoms with Crippen molar-refractivity contribution in [2.24, 2.45) is 12.2 Å². The van der Waals surface area contributed by atoms with E-state index >= 15 is 0 Å². The number of hydrogen-bond donors (Lipinski definition) is 1. The van der Waals surface area contributed by atoms with E-state index < -0.39 is 27.1 Å². The maximum atomic E-state index is 11.8. The van der Waals surface area contributed by atoms with Gasteiger partial charge in [-0.05, 0) is 0 Å². The number of aryl methyl sites for hydroxylation is 1. The molecule has 100 valence electrons. The molecule has 0 aliphatic carbocycles. The van der Waals surface area contributed by atoms with Crippen LogP contribution in [-0.2, 0) is 26.5 Å². The lowest BCUT2D eigenvalue weighted by Crippen LogP contribution is -2.38. The molecule has 0 bridgehead atoms. The lowest BCUT2D eigenvalue weighted by Gasteiger charge is -2.25. The van der Waals surface area contributed by atoms with Gasteiger partial charge in [-0.25, -0.2) is 18.4 Å². The average molecular weight is 296 g/mol. The summed E-state index contributed by atoms with van der Waals surface area (Å²) in [6.07, 6.45) is -0.401. The van der Waals surface area contributed by atoms with Gasteiger partial charge in [-0.1, -0.05) is 11.6 Å². The summed E-state index contributed by atoms with van der Waals surface area (Å²) in [6.45, 7) is 0.544. The Morgan fingerprint density at radius 2 is 2.22 bits per heavy atom. The Labute approximate surface area is 108 Å². The van der Waals surface area contributed by atoms with E-state index in [1.807, 2.05) is 0 Å². The van der Waals surface area contributed by atoms with E-state index in [0.717, 1.165) is 4.68 Å². The molecule has 2 heterocycles. The number of ether oxygens (including phenoxy) is 2. The topological polar surface area (TPSA) is 114 Å². The van der Waals surface area contributed by atoms with E-state index in [-0.39, 0.29) is 23.9 Å². The smallest absolute Gasteiger partial charge is 0.344 e. The summed E-state index contributed by atoms with van der Waals surface area (Å²) in [6, 6.07) is 0. The van der Waals surface area contributed by atoms with Crippen molar-refractivity contribution >= 4 is 27.6 Å². The molecule has 1 aromatic rings. The van der Waals surface area contributed by atoms with Crippen LogP contribution in [0.4, 0.5) is 0 Å². The minimum absolute atomic E-state index is 0.272. The molecular weight excluding hydrogens is 286 g/mol. The highest BCUT2D eigenvalue weighted by molar-refractivity contribution is 7.89. The van der Waals surface area contributed by atoms with Gasteiger partial charge in [-0.3, -0.25) is 4.68 Å². The van der Waals surface area contributed by atoms with Gasteiger partial charge in [0.15, 0.2) is 10.2 Å². The van der Waals surface area contributed by atoms with Crippen molar-refractivity contribution in [3.63, 3.8) is 0 Å². The SMILES string of the molecule is Cn1nc(Cl)c(C(=O)OC2COC2)c1S(N)(=O)=O. The number of nitrogens with zero attached hydrogens (tertiary/aromatic N) is 2. The Kier molecular flexibility index (Phi) is 3.32. The van der Waals surface area contributed by atoms with Crippen LogP contribution in [0.5, 0.6) is 0 Å². The third-order valence-corrected chi connectivity index (χ3v) is 3.58. The van der Waals surface area contributed by atoms with Crippen LogP contribution >= 0.6 is 11.6 Å². The largest absolute Gasteiger partial charge is 0.454 e. The second-order valence-corrected chi connectivity index (χ2v) is 5.54. The number of nitrogens with two attached hydrogens (primary N) is 1. The molecule has 0 atom stereocenters. The molecule has 1 aliphatic rings. The zero-order valence-electron chi connectivity index (χ0n) is 9.29. The maximum absolute atomic E-state index is 11.8. The Morgan fingerprint density at radius 3 is 2.67 bits per heavy atom. The van der Waals surface area contributed by atoms with Gasteiger partial charge in [0.2, 0.25) is 0 Å². The lowest BCUT2D eigenvalue weighted by molar-refractivity contribution is -0.103. The minimum atomic E-state index is -4.13. The molecule has 2 N–H and O–H groups in total. The highest BCUT2D eigenvalue weighted by atomic mass is 35.5. The predicted molar refractivity (Wildman–Crippen MR) is 59.6 cm³/mol. The minimum Gasteiger partial charge on any atom is -0.454 e. The standard InChI is InChI=1S/C8H10ClN3O5S/c1-12-7(18(10,14)15)5(6(9)11-12)8(13)17-4-2-16-3-4/h4H,2-3H2,1H3,(H2,10,14,15). The molecule has 1 aliphatic heterocycles. The molecule has 0 saturated carbocycles. The van der Waals surface area contributed by atoms with Crippen molar-refractivity contribution in [2.45, 2.75) is 11.1 Å². The molecule has 8 nitrogen and oxygen atoms in total. The van der Waals surface area contributed by atoms with Crippen LogP contribution < -0.4 is 5.14 Å². The molecule has 0 radical (unpaired) electrons. The molecule has 0 amide bonds. The van der Waals surface area contributed by atoms with Crippen LogP contribution in [-0.4, -0.2) is 43.5 Å². The third-order valence-electron chi connectivity index (χ3n) is 2.31. The van der Waals surface area contributed by atoms with E-state index in [1.165, 1.54) is 7.05 Å². The predicted octanol–water partition coefficient (Wildman–Crippen LogP) is -0.724. The summed E-state index contributed by atoms with van der Waals surface area (Å²) in [5.74, 6) is -0.884. The Bertz CT molecular complexity index is 592. The third kappa shape index (κ3) is 2.34. The first-order valence-electron chi connectivity index (χ1n) is 4.84. The van der Waals surface area contributed by atoms with Crippen molar-refractivity contribution in [1.29, 1.82) is 0 Å². The van der Waals surface area contributed by atoms with Crippen LogP contribution in [0.25, 0.3) is 0 Å². The number of rotatable bonds is 3. The maximum Gasteiger partial charge on any atom is 0.344 e. The van der Waals surface area contributed by atoms with Crippen LogP contribution in [0.2, 0.25) is 5.15 Å². The molecule has 1 aromatic heterocycles. The van der Waals surface area contributed by atoms with Gasteiger partial charge >= 0.3 is 5.97 Å². The van der Waals surface area contributed by atoms with Gasteiger partial charge in [0.1, 0.15) is 11.7 Å². The summed E-state index contributed by atoms with van der Waals surface area (Å²) in [5.41, 5.74) is -0.353. The second kappa shape index (κ2) is 4.50. The summed E-state index contributed by atoms with van der Waals surface area (Å²) < 4.78 is 33.5. The summed E-state index contributed by atoms with van der Waals surface area (Å²) in [5, 5.41) is 7.90. The first kappa shape index (κ1) is 13.3. The lowest BCUT2D eigenvalue weighted by atomic mass is 10.3. The molecule has 1 fully saturated rings. The van der Waals surface area contributed by atoms with Crippen molar-refractivity contribution < 1.29 is 22.7 Å². The molecule has 0 aromatic carbocycles. The van der Waals surface area contributed by atoms with Gasteiger partial charge < -0.3 is 9.47 Å². The van der Waals surface area contributed by atoms with Gasteiger partial charge in [-0.2, -0.15) is 5.10 Å². The van der Waals surface area contributed by atoms with Gasteiger partial charge in [-0.15, -0.1) is 0 Å². The first-order valence-corrected chi connectivity index (χ1v) is 6.77. The second-order valence-electron chi connectivity index (χ2n) is 3.70. The Balaban J connectivity index is 2.39. The molecule has 0 spiro atoms. The fourth-order valence-corrected chi connectivity index (χ4v) is 2.68. The van der Waals surface area contributed by atoms with Crippen LogP contribution in [0.15, 0.2) is 5.03 Å². The zero-order chi connectivity index (χ0) is 13.5. The van der Waals surface area contributed by atoms with E-state index in [9.17, 15) is 13.2 Å². The number of halogens is 1. The number of primary sulfonamides is 1. The molecule has 10 heteroatoms. The van der Waals surface area contributed by atoms with E-state index in [1.54, 1.807) is 0 Å². The highest BCUT2D eigenvalue weighted by Crippen LogP contribution is 2.24. The van der Waals surface area contributed by atoms with Crippen molar-refractivity contribution in [2.75, 3.05) is 13.2 Å². The number of carbonyl (C=O) groups is 1. The van der Waals surface area contributed by atoms with Crippen LogP contribution in [0.3, 0.4) is 0 Å². The van der Waals surface area contributed by atoms with Crippen molar-refractivity contribution in [1.82, 2.24) is 9.78 Å². The van der Waals surface area contributed by atoms with Crippen LogP contribution in [0.1, 0.15) is 10.4 Å². The number of esters is 1. The number of aromatic nitrogens is 2. The summed E-state index contributed by atoms with van der Waals surface area (Å²) in [4.78, 5) is 11.8. The number of sulfonamides is 1. The van der Waals surface area contributed by atoms with Crippen molar-refractivity contribution in [3.8, 4) is 0 Å². The first-order chi connectivity index (χ1) is 8.30. The van der Waals surface area contributed by atoms with E-state index in [2.05, 4.69) is 5.10 Å². The molecular formula is C8H10ClN3O5S. The fraction of sp³-hybridized carbons (Fsp3) is 0.500. The normalized spacial score (nSPS) is 16.4.